The highest BCUT2D eigenvalue weighted by atomic mass is 16.5. The molecule has 6 heteroatoms. The van der Waals surface area contributed by atoms with Crippen molar-refractivity contribution in [3.05, 3.63) is 77.0 Å². The number of rotatable bonds is 5. The Balaban J connectivity index is 1.58. The lowest BCUT2D eigenvalue weighted by Crippen LogP contribution is -2.22. The molecule has 0 aliphatic heterocycles. The van der Waals surface area contributed by atoms with Crippen LogP contribution >= 0.6 is 0 Å². The van der Waals surface area contributed by atoms with Gasteiger partial charge in [-0.3, -0.25) is 4.79 Å². The summed E-state index contributed by atoms with van der Waals surface area (Å²) in [5.74, 6) is 1.62. The Bertz CT molecular complexity index is 1230. The minimum Gasteiger partial charge on any atom is -0.484 e. The molecule has 0 radical (unpaired) electrons. The number of ether oxygens (including phenoxy) is 1. The van der Waals surface area contributed by atoms with Crippen LogP contribution in [-0.4, -0.2) is 27.3 Å². The van der Waals surface area contributed by atoms with Gasteiger partial charge >= 0.3 is 0 Å². The fraction of sp³-hybridized carbons (Fsp3) is 0.208. The molecule has 0 saturated carbocycles. The van der Waals surface area contributed by atoms with Gasteiger partial charge in [0.15, 0.2) is 12.4 Å². The van der Waals surface area contributed by atoms with Crippen LogP contribution in [0.4, 0.5) is 5.82 Å². The number of carbonyl (C=O) groups excluding carboxylic acids is 1. The van der Waals surface area contributed by atoms with E-state index in [9.17, 15) is 4.79 Å². The van der Waals surface area contributed by atoms with Gasteiger partial charge in [0.1, 0.15) is 11.6 Å². The van der Waals surface area contributed by atoms with Gasteiger partial charge in [0.2, 0.25) is 0 Å². The van der Waals surface area contributed by atoms with Gasteiger partial charge in [0.25, 0.3) is 5.91 Å². The van der Waals surface area contributed by atoms with Crippen molar-refractivity contribution in [2.24, 2.45) is 0 Å². The van der Waals surface area contributed by atoms with Crippen molar-refractivity contribution in [3.63, 3.8) is 0 Å². The zero-order chi connectivity index (χ0) is 21.3. The molecule has 4 rings (SSSR count). The maximum Gasteiger partial charge on any atom is 0.263 e. The second kappa shape index (κ2) is 7.99. The first kappa shape index (κ1) is 19.6. The zero-order valence-corrected chi connectivity index (χ0v) is 17.6. The molecule has 2 aromatic carbocycles. The number of fused-ring (bicyclic) bond motifs is 1. The Hall–Kier alpha value is -3.67. The number of carbonyl (C=O) groups is 1. The number of nitrogens with one attached hydrogen (secondary N) is 1. The minimum absolute atomic E-state index is 0.0867. The van der Waals surface area contributed by atoms with Crippen LogP contribution < -0.4 is 10.1 Å². The van der Waals surface area contributed by atoms with Crippen LogP contribution in [-0.2, 0) is 4.79 Å². The Kier molecular flexibility index (Phi) is 5.23. The summed E-state index contributed by atoms with van der Waals surface area (Å²) in [5, 5.41) is 8.54. The number of amides is 1. The molecule has 152 valence electrons. The van der Waals surface area contributed by atoms with Crippen molar-refractivity contribution in [1.82, 2.24) is 14.8 Å². The first-order valence-electron chi connectivity index (χ1n) is 9.84. The number of aromatic nitrogens is 3. The normalized spacial score (nSPS) is 10.9. The fourth-order valence-corrected chi connectivity index (χ4v) is 3.38. The summed E-state index contributed by atoms with van der Waals surface area (Å²) in [5.41, 5.74) is 5.06. The SMILES string of the molecule is Cc1ccc(OCC(=O)Nc2cc(C)nn2-c2cc(C)c3cccc(C)c3n2)cc1. The van der Waals surface area contributed by atoms with Crippen molar-refractivity contribution >= 4 is 22.6 Å². The summed E-state index contributed by atoms with van der Waals surface area (Å²) < 4.78 is 7.25. The maximum atomic E-state index is 12.5. The third kappa shape index (κ3) is 4.03. The molecule has 0 aliphatic carbocycles. The number of nitrogens with zero attached hydrogens (tertiary/aromatic N) is 3. The van der Waals surface area contributed by atoms with Crippen LogP contribution in [0.25, 0.3) is 16.7 Å². The second-order valence-corrected chi connectivity index (χ2v) is 7.50. The predicted octanol–water partition coefficient (Wildman–Crippen LogP) is 4.67. The van der Waals surface area contributed by atoms with Crippen molar-refractivity contribution < 1.29 is 9.53 Å². The third-order valence-corrected chi connectivity index (χ3v) is 4.94. The van der Waals surface area contributed by atoms with E-state index in [4.69, 9.17) is 9.72 Å². The van der Waals surface area contributed by atoms with E-state index < -0.39 is 0 Å². The lowest BCUT2D eigenvalue weighted by Gasteiger charge is -2.12. The molecule has 1 N–H and O–H groups in total. The summed E-state index contributed by atoms with van der Waals surface area (Å²) in [6, 6.07) is 17.5. The molecule has 0 bridgehead atoms. The maximum absolute atomic E-state index is 12.5. The topological polar surface area (TPSA) is 69.0 Å². The van der Waals surface area contributed by atoms with Gasteiger partial charge in [-0.1, -0.05) is 35.9 Å². The van der Waals surface area contributed by atoms with Crippen LogP contribution in [0.1, 0.15) is 22.4 Å². The average Bonchev–Trinajstić information content (AvgIpc) is 3.08. The van der Waals surface area contributed by atoms with E-state index in [2.05, 4.69) is 23.4 Å². The number of hydrogen-bond acceptors (Lipinski definition) is 4. The van der Waals surface area contributed by atoms with Crippen LogP contribution in [0.15, 0.2) is 54.6 Å². The molecule has 6 nitrogen and oxygen atoms in total. The van der Waals surface area contributed by atoms with Crippen molar-refractivity contribution in [3.8, 4) is 11.6 Å². The van der Waals surface area contributed by atoms with Crippen LogP contribution in [0.5, 0.6) is 5.75 Å². The molecule has 0 fully saturated rings. The molecule has 0 unspecified atom stereocenters. The summed E-state index contributed by atoms with van der Waals surface area (Å²) >= 11 is 0. The highest BCUT2D eigenvalue weighted by Crippen LogP contribution is 2.24. The number of benzene rings is 2. The Morgan fingerprint density at radius 2 is 1.77 bits per heavy atom. The monoisotopic (exact) mass is 400 g/mol. The van der Waals surface area contributed by atoms with Gasteiger partial charge in [-0.15, -0.1) is 0 Å². The van der Waals surface area contributed by atoms with E-state index in [1.165, 1.54) is 0 Å². The van der Waals surface area contributed by atoms with E-state index in [-0.39, 0.29) is 12.5 Å². The predicted molar refractivity (Wildman–Crippen MR) is 118 cm³/mol. The fourth-order valence-electron chi connectivity index (χ4n) is 3.38. The number of para-hydroxylation sites is 1. The highest BCUT2D eigenvalue weighted by molar-refractivity contribution is 5.91. The standard InChI is InChI=1S/C24H24N4O2/c1-15-8-10-19(11-9-15)30-14-23(29)25-22-13-18(4)27-28(22)21-12-17(3)20-7-5-6-16(2)24(20)26-21/h5-13H,14H2,1-4H3,(H,25,29). The van der Waals surface area contributed by atoms with Gasteiger partial charge in [-0.2, -0.15) is 9.78 Å². The average molecular weight is 400 g/mol. The Morgan fingerprint density at radius 3 is 2.53 bits per heavy atom. The molecular formula is C24H24N4O2. The van der Waals surface area contributed by atoms with Gasteiger partial charge in [0.05, 0.1) is 11.2 Å². The summed E-state index contributed by atoms with van der Waals surface area (Å²) in [6.45, 7) is 7.89. The summed E-state index contributed by atoms with van der Waals surface area (Å²) in [6.07, 6.45) is 0. The largest absolute Gasteiger partial charge is 0.484 e. The van der Waals surface area contributed by atoms with Crippen molar-refractivity contribution in [2.75, 3.05) is 11.9 Å². The lowest BCUT2D eigenvalue weighted by molar-refractivity contribution is -0.118. The molecule has 4 aromatic rings. The molecule has 0 spiro atoms. The molecule has 0 atom stereocenters. The molecular weight excluding hydrogens is 376 g/mol. The van der Waals surface area contributed by atoms with Gasteiger partial charge < -0.3 is 10.1 Å². The van der Waals surface area contributed by atoms with Crippen molar-refractivity contribution in [2.45, 2.75) is 27.7 Å². The zero-order valence-electron chi connectivity index (χ0n) is 17.6. The first-order chi connectivity index (χ1) is 14.4. The molecule has 1 amide bonds. The second-order valence-electron chi connectivity index (χ2n) is 7.50. The summed E-state index contributed by atoms with van der Waals surface area (Å²) in [4.78, 5) is 17.3. The van der Waals surface area contributed by atoms with Crippen LogP contribution in [0.3, 0.4) is 0 Å². The highest BCUT2D eigenvalue weighted by Gasteiger charge is 2.14. The first-order valence-corrected chi connectivity index (χ1v) is 9.84. The van der Waals surface area contributed by atoms with Crippen molar-refractivity contribution in [1.29, 1.82) is 0 Å². The number of anilines is 1. The van der Waals surface area contributed by atoms with E-state index in [0.29, 0.717) is 17.4 Å². The van der Waals surface area contributed by atoms with Gasteiger partial charge in [-0.05, 0) is 57.0 Å². The van der Waals surface area contributed by atoms with E-state index in [1.807, 2.05) is 69.3 Å². The van der Waals surface area contributed by atoms with E-state index >= 15 is 0 Å². The number of aryl methyl sites for hydroxylation is 4. The molecule has 0 aliphatic rings. The lowest BCUT2D eigenvalue weighted by atomic mass is 10.1. The summed E-state index contributed by atoms with van der Waals surface area (Å²) in [7, 11) is 0. The minimum atomic E-state index is -0.259. The molecule has 0 saturated heterocycles. The van der Waals surface area contributed by atoms with E-state index in [0.717, 1.165) is 33.3 Å². The number of hydrogen-bond donors (Lipinski definition) is 1. The smallest absolute Gasteiger partial charge is 0.263 e. The molecule has 2 heterocycles. The molecule has 30 heavy (non-hydrogen) atoms. The Morgan fingerprint density at radius 1 is 1.00 bits per heavy atom. The van der Waals surface area contributed by atoms with Gasteiger partial charge in [0, 0.05) is 11.5 Å². The molecule has 2 aromatic heterocycles. The quantitative estimate of drug-likeness (QED) is 0.528. The van der Waals surface area contributed by atoms with Crippen LogP contribution in [0, 0.1) is 27.7 Å². The van der Waals surface area contributed by atoms with Crippen LogP contribution in [0.2, 0.25) is 0 Å². The van der Waals surface area contributed by atoms with Gasteiger partial charge in [-0.25, -0.2) is 4.98 Å². The Labute approximate surface area is 175 Å². The third-order valence-electron chi connectivity index (χ3n) is 4.94. The van der Waals surface area contributed by atoms with E-state index in [1.54, 1.807) is 4.68 Å². The number of pyridine rings is 1.